The number of fused-ring (bicyclic) bond motifs is 2. The summed E-state index contributed by atoms with van der Waals surface area (Å²) in [5.41, 5.74) is 0.898. The Labute approximate surface area is 298 Å². The average molecular weight is 697 g/mol. The highest BCUT2D eigenvalue weighted by atomic mass is 16.4. The molecular weight excluding hydrogens is 648 g/mol. The molecule has 2 aromatic carbocycles. The number of aliphatic carboxylic acids is 1. The van der Waals surface area contributed by atoms with Gasteiger partial charge in [-0.05, 0) is 69.2 Å². The fraction of sp³-hybridized carbons (Fsp3) is 0.474. The fourth-order valence-electron chi connectivity index (χ4n) is 7.04. The van der Waals surface area contributed by atoms with Crippen molar-refractivity contribution in [2.75, 3.05) is 6.54 Å². The van der Waals surface area contributed by atoms with Gasteiger partial charge in [-0.2, -0.15) is 4.80 Å². The van der Waals surface area contributed by atoms with Crippen LogP contribution in [0.3, 0.4) is 0 Å². The first kappa shape index (κ1) is 35.9. The second-order valence-electron chi connectivity index (χ2n) is 14.9. The zero-order valence-electron chi connectivity index (χ0n) is 29.4. The maximum Gasteiger partial charge on any atom is 0.324 e. The van der Waals surface area contributed by atoms with Gasteiger partial charge in [0.05, 0.1) is 12.1 Å². The Balaban J connectivity index is 1.28. The van der Waals surface area contributed by atoms with Gasteiger partial charge in [0.15, 0.2) is 0 Å². The predicted molar refractivity (Wildman–Crippen MR) is 193 cm³/mol. The van der Waals surface area contributed by atoms with Crippen molar-refractivity contribution >= 4 is 30.1 Å². The molecule has 0 radical (unpaired) electrons. The van der Waals surface area contributed by atoms with Gasteiger partial charge in [-0.1, -0.05) is 91.7 Å². The van der Waals surface area contributed by atoms with E-state index in [-0.39, 0.29) is 24.8 Å². The van der Waals surface area contributed by atoms with E-state index in [4.69, 9.17) is 5.10 Å². The molecule has 3 amide bonds. The third kappa shape index (κ3) is 8.54. The molecule has 0 bridgehead atoms. The molecule has 0 unspecified atom stereocenters. The monoisotopic (exact) mass is 696 g/mol. The molecule has 13 nitrogen and oxygen atoms in total. The van der Waals surface area contributed by atoms with Crippen LogP contribution in [-0.4, -0.2) is 89.2 Å². The van der Waals surface area contributed by atoms with Gasteiger partial charge in [0, 0.05) is 23.6 Å². The zero-order valence-corrected chi connectivity index (χ0v) is 29.4. The number of carbonyl (C=O) groups excluding carboxylic acids is 2. The number of carboxylic acid groups (broad SMARTS) is 1. The summed E-state index contributed by atoms with van der Waals surface area (Å²) in [5.74, 6) is -1.27. The molecule has 2 aliphatic heterocycles. The topological polar surface area (TPSA) is 175 Å². The van der Waals surface area contributed by atoms with E-state index in [1.165, 1.54) is 4.80 Å². The van der Waals surface area contributed by atoms with Gasteiger partial charge in [0.1, 0.15) is 17.8 Å². The molecule has 0 spiro atoms. The number of benzene rings is 2. The van der Waals surface area contributed by atoms with Crippen LogP contribution in [0.4, 0.5) is 4.79 Å². The summed E-state index contributed by atoms with van der Waals surface area (Å²) in [6.45, 7) is 5.73. The molecule has 13 heteroatoms. The van der Waals surface area contributed by atoms with E-state index >= 15 is 0 Å². The van der Waals surface area contributed by atoms with Crippen molar-refractivity contribution < 1.29 is 24.6 Å². The third-order valence-corrected chi connectivity index (χ3v) is 9.81. The van der Waals surface area contributed by atoms with Crippen molar-refractivity contribution in [2.24, 2.45) is 5.92 Å². The molecule has 3 aliphatic rings. The third-order valence-electron chi connectivity index (χ3n) is 9.81. The number of urea groups is 1. The van der Waals surface area contributed by atoms with Gasteiger partial charge in [-0.15, -0.1) is 10.2 Å². The molecule has 6 atom stereocenters. The van der Waals surface area contributed by atoms with Crippen molar-refractivity contribution in [1.29, 1.82) is 0 Å². The van der Waals surface area contributed by atoms with E-state index in [2.05, 4.69) is 26.3 Å². The van der Waals surface area contributed by atoms with E-state index in [0.29, 0.717) is 25.1 Å². The number of nitrogens with one attached hydrogen (secondary N) is 3. The SMILES string of the molecule is CC(C)(C)NC(=O)N[C@@H]1CCCCC/C=C\[C@@H]2C[C@]2(C(=O)O)N[C@@H](O)[C@@H]2C[C@H](n3nnc(-c4ccccc4/C=C/c4ccccc4)n3)CN2C1=O. The first-order chi connectivity index (χ1) is 24.4. The predicted octanol–water partition coefficient (Wildman–Crippen LogP) is 4.39. The maximum absolute atomic E-state index is 14.4. The van der Waals surface area contributed by atoms with Gasteiger partial charge in [-0.3, -0.25) is 14.9 Å². The molecule has 270 valence electrons. The van der Waals surface area contributed by atoms with Crippen molar-refractivity contribution in [2.45, 2.75) is 101 Å². The van der Waals surface area contributed by atoms with E-state index in [1.807, 2.05) is 99.7 Å². The van der Waals surface area contributed by atoms with Gasteiger partial charge in [0.25, 0.3) is 0 Å². The van der Waals surface area contributed by atoms with Crippen molar-refractivity contribution in [1.82, 2.24) is 41.1 Å². The van der Waals surface area contributed by atoms with Crippen LogP contribution in [0.15, 0.2) is 66.7 Å². The summed E-state index contributed by atoms with van der Waals surface area (Å²) in [5, 5.41) is 44.2. The Morgan fingerprint density at radius 1 is 1.04 bits per heavy atom. The largest absolute Gasteiger partial charge is 0.480 e. The molecule has 2 fully saturated rings. The van der Waals surface area contributed by atoms with Crippen LogP contribution in [-0.2, 0) is 9.59 Å². The number of amides is 3. The number of hydrogen-bond acceptors (Lipinski definition) is 8. The Kier molecular flexibility index (Phi) is 10.7. The minimum absolute atomic E-state index is 0.135. The summed E-state index contributed by atoms with van der Waals surface area (Å²) in [7, 11) is 0. The Morgan fingerprint density at radius 3 is 2.57 bits per heavy atom. The lowest BCUT2D eigenvalue weighted by Crippen LogP contribution is -2.59. The smallest absolute Gasteiger partial charge is 0.324 e. The number of carbonyl (C=O) groups is 3. The Hall–Kier alpha value is -4.88. The highest BCUT2D eigenvalue weighted by molar-refractivity contribution is 5.88. The summed E-state index contributed by atoms with van der Waals surface area (Å²) in [4.78, 5) is 42.9. The van der Waals surface area contributed by atoms with Gasteiger partial charge in [-0.25, -0.2) is 4.79 Å². The molecule has 1 saturated carbocycles. The minimum Gasteiger partial charge on any atom is -0.480 e. The van der Waals surface area contributed by atoms with Crippen LogP contribution < -0.4 is 16.0 Å². The number of aliphatic hydroxyl groups excluding tert-OH is 1. The van der Waals surface area contributed by atoms with E-state index in [1.54, 1.807) is 4.90 Å². The molecule has 5 N–H and O–H groups in total. The van der Waals surface area contributed by atoms with E-state index in [9.17, 15) is 24.6 Å². The highest BCUT2D eigenvalue weighted by Gasteiger charge is 2.61. The zero-order chi connectivity index (χ0) is 36.2. The number of aliphatic hydroxyl groups is 1. The normalized spacial score (nSPS) is 27.9. The molecule has 1 aliphatic carbocycles. The summed E-state index contributed by atoms with van der Waals surface area (Å²) < 4.78 is 0. The Bertz CT molecular complexity index is 1770. The first-order valence-electron chi connectivity index (χ1n) is 17.8. The molecule has 3 heterocycles. The fourth-order valence-corrected chi connectivity index (χ4v) is 7.04. The lowest BCUT2D eigenvalue weighted by molar-refractivity contribution is -0.143. The first-order valence-corrected chi connectivity index (χ1v) is 17.8. The average Bonchev–Trinajstić information content (AvgIpc) is 3.39. The van der Waals surface area contributed by atoms with E-state index in [0.717, 1.165) is 36.0 Å². The number of aromatic nitrogens is 4. The van der Waals surface area contributed by atoms with Crippen LogP contribution in [0.25, 0.3) is 23.5 Å². The van der Waals surface area contributed by atoms with Crippen molar-refractivity contribution in [3.8, 4) is 11.4 Å². The quantitative estimate of drug-likeness (QED) is 0.185. The van der Waals surface area contributed by atoms with Crippen LogP contribution in [0.2, 0.25) is 0 Å². The number of tetrazole rings is 1. The highest BCUT2D eigenvalue weighted by Crippen LogP contribution is 2.46. The van der Waals surface area contributed by atoms with Gasteiger partial charge >= 0.3 is 12.0 Å². The molecule has 51 heavy (non-hydrogen) atoms. The number of nitrogens with zero attached hydrogens (tertiary/aromatic N) is 5. The molecular formula is C38H48N8O5. The number of allylic oxidation sites excluding steroid dienone is 1. The lowest BCUT2D eigenvalue weighted by Gasteiger charge is -2.33. The molecule has 1 saturated heterocycles. The Morgan fingerprint density at radius 2 is 1.80 bits per heavy atom. The second-order valence-corrected chi connectivity index (χ2v) is 14.9. The standard InChI is InChI=1S/C38H48N8O5/c1-37(2,3)41-36(51)39-30-19-11-6-4-5-10-17-27-23-38(27,35(49)50)40-33(47)31-22-28(24-45(31)34(30)48)46-43-32(42-44-46)29-18-13-12-16-26(29)21-20-25-14-8-7-9-15-25/h7-10,12-18,20-21,27-28,30-31,33,40,47H,4-6,11,19,22-24H2,1-3H3,(H,49,50)(H2,39,41,51)/b17-10-,21-20+/t27-,28+,30-,31+,33+,38+/m1/s1. The van der Waals surface area contributed by atoms with Crippen LogP contribution >= 0.6 is 0 Å². The van der Waals surface area contributed by atoms with Gasteiger partial charge in [0.2, 0.25) is 11.7 Å². The second kappa shape index (κ2) is 15.2. The van der Waals surface area contributed by atoms with Crippen LogP contribution in [0, 0.1) is 5.92 Å². The molecule has 1 aromatic heterocycles. The number of carboxylic acids is 1. The lowest BCUT2D eigenvalue weighted by atomic mass is 10.0. The summed E-state index contributed by atoms with van der Waals surface area (Å²) >= 11 is 0. The van der Waals surface area contributed by atoms with Crippen LogP contribution in [0.5, 0.6) is 0 Å². The number of rotatable bonds is 6. The van der Waals surface area contributed by atoms with E-state index < -0.39 is 47.4 Å². The number of hydrogen-bond donors (Lipinski definition) is 5. The minimum atomic E-state index is -1.37. The van der Waals surface area contributed by atoms with Gasteiger partial charge < -0.3 is 25.7 Å². The van der Waals surface area contributed by atoms with Crippen molar-refractivity contribution in [3.05, 3.63) is 77.9 Å². The molecule has 3 aromatic rings. The van der Waals surface area contributed by atoms with Crippen molar-refractivity contribution in [3.63, 3.8) is 0 Å². The summed E-state index contributed by atoms with van der Waals surface area (Å²) in [6, 6.07) is 15.1. The maximum atomic E-state index is 14.4. The summed E-state index contributed by atoms with van der Waals surface area (Å²) in [6.07, 6.45) is 10.8. The van der Waals surface area contributed by atoms with Crippen LogP contribution in [0.1, 0.15) is 82.9 Å². The molecule has 6 rings (SSSR count).